The van der Waals surface area contributed by atoms with Crippen LogP contribution >= 0.6 is 12.4 Å². The number of ether oxygens (including phenoxy) is 1. The number of nitrogens with one attached hydrogen (secondary N) is 1. The van der Waals surface area contributed by atoms with Crippen LogP contribution in [0.5, 0.6) is 0 Å². The van der Waals surface area contributed by atoms with E-state index >= 15 is 0 Å². The fraction of sp³-hybridized carbons (Fsp3) is 0.500. The highest BCUT2D eigenvalue weighted by Gasteiger charge is 2.29. The molecule has 0 radical (unpaired) electrons. The van der Waals surface area contributed by atoms with Gasteiger partial charge in [-0.05, 0) is 18.4 Å². The molecule has 6 heteroatoms. The molecule has 112 valence electrons. The summed E-state index contributed by atoms with van der Waals surface area (Å²) >= 11 is 0. The molecule has 1 aromatic rings. The zero-order valence-corrected chi connectivity index (χ0v) is 12.0. The predicted octanol–water partition coefficient (Wildman–Crippen LogP) is 0.764. The minimum absolute atomic E-state index is 0. The summed E-state index contributed by atoms with van der Waals surface area (Å²) in [5.41, 5.74) is 6.28. The van der Waals surface area contributed by atoms with Gasteiger partial charge in [0.15, 0.2) is 0 Å². The summed E-state index contributed by atoms with van der Waals surface area (Å²) in [6.45, 7) is 0.631. The van der Waals surface area contributed by atoms with Gasteiger partial charge in [0.05, 0.1) is 12.2 Å². The number of nitrogens with two attached hydrogens (primary N) is 1. The third-order valence-electron chi connectivity index (χ3n) is 3.32. The maximum absolute atomic E-state index is 11.9. The monoisotopic (exact) mass is 300 g/mol. The molecule has 1 fully saturated rings. The molecular formula is C14H21ClN2O3. The molecule has 20 heavy (non-hydrogen) atoms. The Labute approximate surface area is 124 Å². The number of aliphatic hydroxyl groups excluding tert-OH is 1. The van der Waals surface area contributed by atoms with Crippen molar-refractivity contribution in [3.8, 4) is 0 Å². The van der Waals surface area contributed by atoms with Crippen molar-refractivity contribution in [1.82, 2.24) is 5.32 Å². The molecule has 1 aliphatic heterocycles. The molecule has 2 rings (SSSR count). The van der Waals surface area contributed by atoms with Gasteiger partial charge in [0.25, 0.3) is 0 Å². The molecule has 1 aromatic carbocycles. The van der Waals surface area contributed by atoms with Crippen molar-refractivity contribution < 1.29 is 14.6 Å². The van der Waals surface area contributed by atoms with Crippen LogP contribution in [-0.4, -0.2) is 36.3 Å². The first-order chi connectivity index (χ1) is 9.20. The van der Waals surface area contributed by atoms with E-state index in [-0.39, 0.29) is 31.0 Å². The maximum Gasteiger partial charge on any atom is 0.249 e. The van der Waals surface area contributed by atoms with Crippen molar-refractivity contribution in [1.29, 1.82) is 0 Å². The number of rotatable bonds is 5. The zero-order valence-electron chi connectivity index (χ0n) is 11.2. The minimum Gasteiger partial charge on any atom is -0.387 e. The second-order valence-electron chi connectivity index (χ2n) is 4.73. The van der Waals surface area contributed by atoms with E-state index in [4.69, 9.17) is 10.5 Å². The average Bonchev–Trinajstić information content (AvgIpc) is 2.94. The maximum atomic E-state index is 11.9. The molecule has 0 saturated carbocycles. The van der Waals surface area contributed by atoms with Gasteiger partial charge < -0.3 is 20.9 Å². The number of carbonyl (C=O) groups excluding carboxylic acids is 1. The number of hydrogen-bond donors (Lipinski definition) is 3. The van der Waals surface area contributed by atoms with E-state index in [2.05, 4.69) is 5.32 Å². The first-order valence-corrected chi connectivity index (χ1v) is 6.57. The van der Waals surface area contributed by atoms with Crippen LogP contribution in [0.1, 0.15) is 24.5 Å². The Bertz CT molecular complexity index is 416. The Balaban J connectivity index is 0.00000200. The summed E-state index contributed by atoms with van der Waals surface area (Å²) in [5.74, 6) is -0.175. The molecule has 0 bridgehead atoms. The Morgan fingerprint density at radius 2 is 2.10 bits per heavy atom. The molecule has 1 saturated heterocycles. The van der Waals surface area contributed by atoms with Crippen LogP contribution in [0.4, 0.5) is 0 Å². The van der Waals surface area contributed by atoms with E-state index in [1.54, 1.807) is 0 Å². The number of aliphatic hydroxyl groups is 1. The molecule has 0 aromatic heterocycles. The van der Waals surface area contributed by atoms with Crippen LogP contribution in [-0.2, 0) is 9.53 Å². The Hall–Kier alpha value is -1.14. The largest absolute Gasteiger partial charge is 0.387 e. The van der Waals surface area contributed by atoms with Gasteiger partial charge in [0.1, 0.15) is 6.10 Å². The van der Waals surface area contributed by atoms with Gasteiger partial charge in [0, 0.05) is 13.1 Å². The highest BCUT2D eigenvalue weighted by Crippen LogP contribution is 2.19. The van der Waals surface area contributed by atoms with Crippen molar-refractivity contribution in [2.24, 2.45) is 5.73 Å². The van der Waals surface area contributed by atoms with Gasteiger partial charge in [-0.2, -0.15) is 0 Å². The summed E-state index contributed by atoms with van der Waals surface area (Å²) in [6.07, 6.45) is 0.355. The summed E-state index contributed by atoms with van der Waals surface area (Å²) < 4.78 is 5.49. The number of benzene rings is 1. The third kappa shape index (κ3) is 4.45. The van der Waals surface area contributed by atoms with E-state index < -0.39 is 12.2 Å². The normalized spacial score (nSPS) is 22.9. The number of amides is 1. The quantitative estimate of drug-likeness (QED) is 0.750. The van der Waals surface area contributed by atoms with E-state index in [0.29, 0.717) is 13.0 Å². The lowest BCUT2D eigenvalue weighted by Gasteiger charge is -2.15. The smallest absolute Gasteiger partial charge is 0.249 e. The van der Waals surface area contributed by atoms with Gasteiger partial charge in [-0.1, -0.05) is 30.3 Å². The minimum atomic E-state index is -0.697. The van der Waals surface area contributed by atoms with Crippen molar-refractivity contribution >= 4 is 18.3 Å². The molecule has 3 atom stereocenters. The SMILES string of the molecule is Cl.NC[C@H]1CC[C@@H](C(=O)NCC(O)c2ccccc2)O1. The highest BCUT2D eigenvalue weighted by molar-refractivity contribution is 5.85. The standard InChI is InChI=1S/C14H20N2O3.ClH/c15-8-11-6-7-13(19-11)14(18)16-9-12(17)10-4-2-1-3-5-10;/h1-5,11-13,17H,6-9,15H2,(H,16,18);1H/t11-,12?,13+;/m1./s1. The van der Waals surface area contributed by atoms with Gasteiger partial charge in [-0.25, -0.2) is 0 Å². The van der Waals surface area contributed by atoms with E-state index in [9.17, 15) is 9.90 Å². The molecule has 0 aliphatic carbocycles. The van der Waals surface area contributed by atoms with Crippen LogP contribution in [0.3, 0.4) is 0 Å². The van der Waals surface area contributed by atoms with Crippen molar-refractivity contribution in [2.45, 2.75) is 31.2 Å². The van der Waals surface area contributed by atoms with Crippen molar-refractivity contribution in [3.05, 3.63) is 35.9 Å². The van der Waals surface area contributed by atoms with Crippen LogP contribution in [0.15, 0.2) is 30.3 Å². The van der Waals surface area contributed by atoms with Crippen LogP contribution in [0.25, 0.3) is 0 Å². The summed E-state index contributed by atoms with van der Waals surface area (Å²) in [7, 11) is 0. The van der Waals surface area contributed by atoms with Crippen molar-refractivity contribution in [3.63, 3.8) is 0 Å². The van der Waals surface area contributed by atoms with Gasteiger partial charge in [0.2, 0.25) is 5.91 Å². The van der Waals surface area contributed by atoms with Gasteiger partial charge in [-0.15, -0.1) is 12.4 Å². The topological polar surface area (TPSA) is 84.6 Å². The first kappa shape index (κ1) is 16.9. The lowest BCUT2D eigenvalue weighted by Crippen LogP contribution is -2.37. The number of hydrogen-bond acceptors (Lipinski definition) is 4. The van der Waals surface area contributed by atoms with Crippen LogP contribution in [0, 0.1) is 0 Å². The predicted molar refractivity (Wildman–Crippen MR) is 78.6 cm³/mol. The molecule has 4 N–H and O–H groups in total. The lowest BCUT2D eigenvalue weighted by molar-refractivity contribution is -0.132. The molecule has 1 amide bonds. The summed E-state index contributed by atoms with van der Waals surface area (Å²) in [6, 6.07) is 9.24. The highest BCUT2D eigenvalue weighted by atomic mass is 35.5. The van der Waals surface area contributed by atoms with Crippen LogP contribution < -0.4 is 11.1 Å². The average molecular weight is 301 g/mol. The third-order valence-corrected chi connectivity index (χ3v) is 3.32. The molecule has 1 aliphatic rings. The summed E-state index contributed by atoms with van der Waals surface area (Å²) in [4.78, 5) is 11.9. The molecular weight excluding hydrogens is 280 g/mol. The lowest BCUT2D eigenvalue weighted by atomic mass is 10.1. The van der Waals surface area contributed by atoms with Gasteiger partial charge in [-0.3, -0.25) is 4.79 Å². The molecule has 5 nitrogen and oxygen atoms in total. The fourth-order valence-corrected chi connectivity index (χ4v) is 2.18. The van der Waals surface area contributed by atoms with E-state index in [1.165, 1.54) is 0 Å². The zero-order chi connectivity index (χ0) is 13.7. The second kappa shape index (κ2) is 8.21. The Morgan fingerprint density at radius 1 is 1.40 bits per heavy atom. The molecule has 1 heterocycles. The Morgan fingerprint density at radius 3 is 2.70 bits per heavy atom. The van der Waals surface area contributed by atoms with Gasteiger partial charge >= 0.3 is 0 Å². The first-order valence-electron chi connectivity index (χ1n) is 6.57. The second-order valence-corrected chi connectivity index (χ2v) is 4.73. The molecule has 1 unspecified atom stereocenters. The molecule has 0 spiro atoms. The summed E-state index contributed by atoms with van der Waals surface area (Å²) in [5, 5.41) is 12.6. The van der Waals surface area contributed by atoms with E-state index in [1.807, 2.05) is 30.3 Å². The van der Waals surface area contributed by atoms with Crippen molar-refractivity contribution in [2.75, 3.05) is 13.1 Å². The number of halogens is 1. The van der Waals surface area contributed by atoms with Crippen LogP contribution in [0.2, 0.25) is 0 Å². The fourth-order valence-electron chi connectivity index (χ4n) is 2.18. The number of carbonyl (C=O) groups is 1. The van der Waals surface area contributed by atoms with E-state index in [0.717, 1.165) is 12.0 Å². The Kier molecular flexibility index (Phi) is 6.95.